The fourth-order valence-electron chi connectivity index (χ4n) is 1.23. The first kappa shape index (κ1) is 17.1. The fourth-order valence-corrected chi connectivity index (χ4v) is 1.23. The van der Waals surface area contributed by atoms with Gasteiger partial charge in [-0.3, -0.25) is 5.43 Å². The van der Waals surface area contributed by atoms with E-state index in [0.717, 1.165) is 6.54 Å². The molecule has 0 aromatic rings. The van der Waals surface area contributed by atoms with Gasteiger partial charge in [0.2, 0.25) is 5.96 Å². The number of aliphatic imine (C=N–C) groups is 1. The van der Waals surface area contributed by atoms with Crippen LogP contribution in [0.2, 0.25) is 0 Å². The van der Waals surface area contributed by atoms with Crippen molar-refractivity contribution in [3.05, 3.63) is 0 Å². The number of nitrogens with zero attached hydrogens (tertiary/aromatic N) is 2. The first-order valence-corrected chi connectivity index (χ1v) is 6.09. The van der Waals surface area contributed by atoms with Crippen molar-refractivity contribution in [1.82, 2.24) is 15.6 Å². The molecule has 0 saturated heterocycles. The van der Waals surface area contributed by atoms with Crippen LogP contribution < -0.4 is 16.6 Å². The van der Waals surface area contributed by atoms with E-state index in [-0.39, 0.29) is 6.04 Å². The van der Waals surface area contributed by atoms with Gasteiger partial charge in [-0.15, -0.1) is 0 Å². The normalized spacial score (nSPS) is 13.8. The zero-order valence-electron chi connectivity index (χ0n) is 11.9. The highest BCUT2D eigenvalue weighted by molar-refractivity contribution is 5.79. The summed E-state index contributed by atoms with van der Waals surface area (Å²) in [5.41, 5.74) is 2.52. The minimum atomic E-state index is 0.152. The standard InChI is InChI=1S/C11H27N5O2/c1-10(9-17-4)14-11(15-12)13-5-7-18-8-6-16(2)3/h10H,5-9,12H2,1-4H3,(H2,13,14,15). The zero-order valence-corrected chi connectivity index (χ0v) is 11.9. The predicted octanol–water partition coefficient (Wildman–Crippen LogP) is -0.992. The van der Waals surface area contributed by atoms with E-state index in [2.05, 4.69) is 20.6 Å². The molecule has 4 N–H and O–H groups in total. The molecule has 0 amide bonds. The van der Waals surface area contributed by atoms with Gasteiger partial charge in [0.15, 0.2) is 0 Å². The Morgan fingerprint density at radius 1 is 1.39 bits per heavy atom. The third kappa shape index (κ3) is 10.3. The number of hydrogen-bond donors (Lipinski definition) is 3. The summed E-state index contributed by atoms with van der Waals surface area (Å²) in [5, 5.41) is 3.10. The van der Waals surface area contributed by atoms with Crippen LogP contribution in [0.1, 0.15) is 6.92 Å². The van der Waals surface area contributed by atoms with Crippen molar-refractivity contribution in [1.29, 1.82) is 0 Å². The van der Waals surface area contributed by atoms with Crippen molar-refractivity contribution < 1.29 is 9.47 Å². The summed E-state index contributed by atoms with van der Waals surface area (Å²) in [6, 6.07) is 0.152. The molecular weight excluding hydrogens is 234 g/mol. The molecule has 0 fully saturated rings. The highest BCUT2D eigenvalue weighted by atomic mass is 16.5. The first-order valence-electron chi connectivity index (χ1n) is 6.09. The molecule has 0 saturated carbocycles. The highest BCUT2D eigenvalue weighted by Gasteiger charge is 2.03. The van der Waals surface area contributed by atoms with Gasteiger partial charge in [0, 0.05) is 19.7 Å². The lowest BCUT2D eigenvalue weighted by molar-refractivity contribution is 0.124. The van der Waals surface area contributed by atoms with Crippen molar-refractivity contribution in [2.24, 2.45) is 10.8 Å². The second kappa shape index (κ2) is 11.2. The van der Waals surface area contributed by atoms with Gasteiger partial charge in [-0.2, -0.15) is 0 Å². The third-order valence-corrected chi connectivity index (χ3v) is 2.12. The van der Waals surface area contributed by atoms with E-state index in [4.69, 9.17) is 15.3 Å². The number of nitrogens with two attached hydrogens (primary N) is 1. The number of hydrazine groups is 1. The predicted molar refractivity (Wildman–Crippen MR) is 73.5 cm³/mol. The van der Waals surface area contributed by atoms with E-state index in [1.807, 2.05) is 21.0 Å². The van der Waals surface area contributed by atoms with Crippen LogP contribution in [0.15, 0.2) is 4.99 Å². The molecule has 0 aromatic heterocycles. The molecule has 18 heavy (non-hydrogen) atoms. The van der Waals surface area contributed by atoms with E-state index in [9.17, 15) is 0 Å². The van der Waals surface area contributed by atoms with Crippen molar-refractivity contribution in [2.45, 2.75) is 13.0 Å². The topological polar surface area (TPSA) is 84.1 Å². The minimum absolute atomic E-state index is 0.152. The Morgan fingerprint density at radius 2 is 2.11 bits per heavy atom. The third-order valence-electron chi connectivity index (χ3n) is 2.12. The molecule has 0 aliphatic carbocycles. The van der Waals surface area contributed by atoms with Crippen LogP contribution in [-0.2, 0) is 9.47 Å². The van der Waals surface area contributed by atoms with Crippen molar-refractivity contribution in [3.8, 4) is 0 Å². The second-order valence-corrected chi connectivity index (χ2v) is 4.29. The van der Waals surface area contributed by atoms with Gasteiger partial charge >= 0.3 is 0 Å². The molecule has 7 nitrogen and oxygen atoms in total. The lowest BCUT2D eigenvalue weighted by Crippen LogP contribution is -2.47. The maximum absolute atomic E-state index is 5.42. The lowest BCUT2D eigenvalue weighted by Gasteiger charge is -2.15. The maximum atomic E-state index is 5.42. The molecule has 7 heteroatoms. The van der Waals surface area contributed by atoms with Gasteiger partial charge in [0.05, 0.1) is 26.4 Å². The van der Waals surface area contributed by atoms with Crippen LogP contribution in [0.25, 0.3) is 0 Å². The van der Waals surface area contributed by atoms with Crippen LogP contribution in [0, 0.1) is 0 Å². The average molecular weight is 261 g/mol. The summed E-state index contributed by atoms with van der Waals surface area (Å²) in [6.45, 7) is 5.36. The Hall–Kier alpha value is -0.890. The van der Waals surface area contributed by atoms with Crippen LogP contribution in [0.4, 0.5) is 0 Å². The summed E-state index contributed by atoms with van der Waals surface area (Å²) in [5.74, 6) is 5.92. The van der Waals surface area contributed by atoms with E-state index < -0.39 is 0 Å². The zero-order chi connectivity index (χ0) is 13.8. The molecule has 108 valence electrons. The fraction of sp³-hybridized carbons (Fsp3) is 0.909. The minimum Gasteiger partial charge on any atom is -0.383 e. The molecule has 0 heterocycles. The molecule has 0 rings (SSSR count). The Balaban J connectivity index is 3.70. The van der Waals surface area contributed by atoms with Gasteiger partial charge in [0.25, 0.3) is 0 Å². The van der Waals surface area contributed by atoms with Gasteiger partial charge in [0.1, 0.15) is 0 Å². The summed E-state index contributed by atoms with van der Waals surface area (Å²) in [7, 11) is 5.68. The van der Waals surface area contributed by atoms with E-state index in [1.165, 1.54) is 0 Å². The van der Waals surface area contributed by atoms with E-state index in [1.54, 1.807) is 7.11 Å². The molecule has 0 spiro atoms. The Morgan fingerprint density at radius 3 is 2.67 bits per heavy atom. The van der Waals surface area contributed by atoms with Crippen molar-refractivity contribution in [2.75, 3.05) is 54.1 Å². The summed E-state index contributed by atoms with van der Waals surface area (Å²) < 4.78 is 10.4. The number of hydrogen-bond acceptors (Lipinski definition) is 5. The van der Waals surface area contributed by atoms with Crippen LogP contribution in [0.5, 0.6) is 0 Å². The molecule has 1 unspecified atom stereocenters. The summed E-state index contributed by atoms with van der Waals surface area (Å²) in [6.07, 6.45) is 0. The SMILES string of the molecule is COCC(C)NC(=NCCOCCN(C)C)NN. The van der Waals surface area contributed by atoms with Crippen molar-refractivity contribution >= 4 is 5.96 Å². The van der Waals surface area contributed by atoms with Gasteiger partial charge in [-0.25, -0.2) is 10.8 Å². The van der Waals surface area contributed by atoms with Crippen molar-refractivity contribution in [3.63, 3.8) is 0 Å². The molecule has 0 aliphatic heterocycles. The second-order valence-electron chi connectivity index (χ2n) is 4.29. The maximum Gasteiger partial charge on any atom is 0.206 e. The first-order chi connectivity index (χ1) is 8.60. The van der Waals surface area contributed by atoms with Crippen LogP contribution >= 0.6 is 0 Å². The number of guanidine groups is 1. The van der Waals surface area contributed by atoms with Gasteiger partial charge in [-0.1, -0.05) is 0 Å². The van der Waals surface area contributed by atoms with Crippen LogP contribution in [-0.4, -0.2) is 71.0 Å². The largest absolute Gasteiger partial charge is 0.383 e. The van der Waals surface area contributed by atoms with E-state index >= 15 is 0 Å². The molecule has 0 aromatic carbocycles. The number of likely N-dealkylation sites (N-methyl/N-ethyl adjacent to an activating group) is 1. The Labute approximate surface area is 110 Å². The molecule has 1 atom stereocenters. The monoisotopic (exact) mass is 261 g/mol. The van der Waals surface area contributed by atoms with Crippen LogP contribution in [0.3, 0.4) is 0 Å². The Bertz CT molecular complexity index is 223. The number of ether oxygens (including phenoxy) is 2. The summed E-state index contributed by atoms with van der Waals surface area (Å²) in [4.78, 5) is 6.33. The quantitative estimate of drug-likeness (QED) is 0.162. The number of nitrogens with one attached hydrogen (secondary N) is 2. The van der Waals surface area contributed by atoms with Gasteiger partial charge < -0.3 is 19.7 Å². The smallest absolute Gasteiger partial charge is 0.206 e. The Kier molecular flexibility index (Phi) is 10.7. The number of methoxy groups -OCH3 is 1. The summed E-state index contributed by atoms with van der Waals surface area (Å²) >= 11 is 0. The number of rotatable bonds is 9. The highest BCUT2D eigenvalue weighted by Crippen LogP contribution is 1.84. The molecule has 0 bridgehead atoms. The average Bonchev–Trinajstić information content (AvgIpc) is 2.31. The van der Waals surface area contributed by atoms with Gasteiger partial charge in [-0.05, 0) is 21.0 Å². The lowest BCUT2D eigenvalue weighted by atomic mass is 10.4. The van der Waals surface area contributed by atoms with E-state index in [0.29, 0.717) is 32.3 Å². The molecule has 0 aliphatic rings. The molecular formula is C11H27N5O2. The molecule has 0 radical (unpaired) electrons.